The van der Waals surface area contributed by atoms with E-state index in [1.807, 2.05) is 54.8 Å². The summed E-state index contributed by atoms with van der Waals surface area (Å²) in [6, 6.07) is 20.1. The van der Waals surface area contributed by atoms with Crippen LogP contribution >= 0.6 is 11.8 Å². The summed E-state index contributed by atoms with van der Waals surface area (Å²) in [4.78, 5) is 17.2. The summed E-state index contributed by atoms with van der Waals surface area (Å²) < 4.78 is 0. The van der Waals surface area contributed by atoms with Crippen LogP contribution in [0.4, 0.5) is 0 Å². The van der Waals surface area contributed by atoms with Crippen molar-refractivity contribution in [1.82, 2.24) is 19.9 Å². The molecular weight excluding hydrogens is 304 g/mol. The van der Waals surface area contributed by atoms with Gasteiger partial charge in [-0.2, -0.15) is 0 Å². The molecule has 2 aromatic carbocycles. The Morgan fingerprint density at radius 1 is 0.826 bits per heavy atom. The minimum Gasteiger partial charge on any atom is -0.337 e. The highest BCUT2D eigenvalue weighted by Crippen LogP contribution is 2.26. The zero-order chi connectivity index (χ0) is 15.6. The molecule has 5 heteroatoms. The van der Waals surface area contributed by atoms with Gasteiger partial charge >= 0.3 is 0 Å². The first kappa shape index (κ1) is 14.0. The van der Waals surface area contributed by atoms with Crippen LogP contribution in [0.25, 0.3) is 33.8 Å². The second-order valence-corrected chi connectivity index (χ2v) is 5.87. The van der Waals surface area contributed by atoms with E-state index in [0.29, 0.717) is 0 Å². The molecule has 0 aliphatic carbocycles. The Labute approximate surface area is 138 Å². The Bertz CT molecular complexity index is 930. The highest BCUT2D eigenvalue weighted by molar-refractivity contribution is 7.98. The first-order valence-corrected chi connectivity index (χ1v) is 8.49. The molecule has 0 aliphatic rings. The number of nitrogens with one attached hydrogen (secondary N) is 1. The Kier molecular flexibility index (Phi) is 3.55. The lowest BCUT2D eigenvalue weighted by Gasteiger charge is -2.05. The summed E-state index contributed by atoms with van der Waals surface area (Å²) in [5.74, 6) is 0.765. The lowest BCUT2D eigenvalue weighted by Crippen LogP contribution is -1.94. The predicted octanol–water partition coefficient (Wildman–Crippen LogP) is 4.41. The van der Waals surface area contributed by atoms with Crippen molar-refractivity contribution in [2.24, 2.45) is 0 Å². The van der Waals surface area contributed by atoms with Gasteiger partial charge in [-0.05, 0) is 24.5 Å². The van der Waals surface area contributed by atoms with Crippen LogP contribution in [-0.2, 0) is 0 Å². The smallest absolute Gasteiger partial charge is 0.188 e. The topological polar surface area (TPSA) is 54.5 Å². The normalized spacial score (nSPS) is 11.0. The lowest BCUT2D eigenvalue weighted by atomic mass is 10.1. The van der Waals surface area contributed by atoms with Crippen molar-refractivity contribution in [2.75, 3.05) is 6.26 Å². The van der Waals surface area contributed by atoms with Crippen molar-refractivity contribution < 1.29 is 0 Å². The van der Waals surface area contributed by atoms with Gasteiger partial charge < -0.3 is 4.98 Å². The number of aromatic amines is 1. The largest absolute Gasteiger partial charge is 0.337 e. The van der Waals surface area contributed by atoms with Gasteiger partial charge in [-0.15, -0.1) is 0 Å². The van der Waals surface area contributed by atoms with Crippen LogP contribution in [-0.4, -0.2) is 26.2 Å². The fourth-order valence-corrected chi connectivity index (χ4v) is 2.85. The summed E-state index contributed by atoms with van der Waals surface area (Å²) in [5, 5.41) is 0.738. The van der Waals surface area contributed by atoms with Crippen molar-refractivity contribution in [2.45, 2.75) is 5.16 Å². The van der Waals surface area contributed by atoms with E-state index in [1.54, 1.807) is 0 Å². The molecule has 2 heterocycles. The van der Waals surface area contributed by atoms with E-state index >= 15 is 0 Å². The number of imidazole rings is 1. The van der Waals surface area contributed by atoms with Crippen LogP contribution in [0.1, 0.15) is 0 Å². The second-order valence-electron chi connectivity index (χ2n) is 5.09. The third kappa shape index (κ3) is 2.71. The summed E-state index contributed by atoms with van der Waals surface area (Å²) in [6.07, 6.45) is 1.98. The van der Waals surface area contributed by atoms with Gasteiger partial charge in [0.2, 0.25) is 0 Å². The van der Waals surface area contributed by atoms with Gasteiger partial charge in [0.05, 0.1) is 16.7 Å². The molecule has 0 atom stereocenters. The standard InChI is InChI=1S/C18H14N4S/c1-23-18-21-15(12-7-3-2-4-8-12)11-16(22-18)17-19-13-9-5-6-10-14(13)20-17/h2-11H,1H3,(H,19,20). The summed E-state index contributed by atoms with van der Waals surface area (Å²) in [7, 11) is 0. The Morgan fingerprint density at radius 3 is 2.35 bits per heavy atom. The Morgan fingerprint density at radius 2 is 1.57 bits per heavy atom. The molecule has 112 valence electrons. The minimum atomic E-state index is 0.738. The minimum absolute atomic E-state index is 0.738. The highest BCUT2D eigenvalue weighted by Gasteiger charge is 2.11. The predicted molar refractivity (Wildman–Crippen MR) is 94.3 cm³/mol. The van der Waals surface area contributed by atoms with Gasteiger partial charge in [0.15, 0.2) is 11.0 Å². The molecule has 0 unspecified atom stereocenters. The highest BCUT2D eigenvalue weighted by atomic mass is 32.2. The number of fused-ring (bicyclic) bond motifs is 1. The van der Waals surface area contributed by atoms with Gasteiger partial charge in [0.1, 0.15) is 5.69 Å². The number of hydrogen-bond donors (Lipinski definition) is 1. The first-order chi connectivity index (χ1) is 11.3. The molecule has 4 nitrogen and oxygen atoms in total. The van der Waals surface area contributed by atoms with Gasteiger partial charge in [-0.25, -0.2) is 15.0 Å². The molecule has 0 spiro atoms. The molecule has 2 aromatic heterocycles. The van der Waals surface area contributed by atoms with Crippen molar-refractivity contribution in [3.8, 4) is 22.8 Å². The second kappa shape index (κ2) is 5.85. The number of thioether (sulfide) groups is 1. The summed E-state index contributed by atoms with van der Waals surface area (Å²) >= 11 is 1.53. The number of nitrogens with zero attached hydrogens (tertiary/aromatic N) is 3. The van der Waals surface area contributed by atoms with Crippen LogP contribution in [0.15, 0.2) is 65.8 Å². The summed E-state index contributed by atoms with van der Waals surface area (Å²) in [5.41, 5.74) is 4.73. The van der Waals surface area contributed by atoms with Crippen molar-refractivity contribution in [3.63, 3.8) is 0 Å². The molecule has 0 aliphatic heterocycles. The fraction of sp³-hybridized carbons (Fsp3) is 0.0556. The molecule has 0 amide bonds. The molecule has 0 bridgehead atoms. The maximum Gasteiger partial charge on any atom is 0.188 e. The third-order valence-electron chi connectivity index (χ3n) is 3.59. The summed E-state index contributed by atoms with van der Waals surface area (Å²) in [6.45, 7) is 0. The molecular formula is C18H14N4S. The van der Waals surface area contributed by atoms with Crippen LogP contribution in [0, 0.1) is 0 Å². The molecule has 0 fully saturated rings. The molecule has 0 radical (unpaired) electrons. The van der Waals surface area contributed by atoms with E-state index in [9.17, 15) is 0 Å². The number of hydrogen-bond acceptors (Lipinski definition) is 4. The van der Waals surface area contributed by atoms with E-state index < -0.39 is 0 Å². The van der Waals surface area contributed by atoms with E-state index in [4.69, 9.17) is 0 Å². The Hall–Kier alpha value is -2.66. The van der Waals surface area contributed by atoms with Gasteiger partial charge in [-0.3, -0.25) is 0 Å². The monoisotopic (exact) mass is 318 g/mol. The van der Waals surface area contributed by atoms with Crippen LogP contribution in [0.5, 0.6) is 0 Å². The van der Waals surface area contributed by atoms with E-state index in [0.717, 1.165) is 39.0 Å². The number of H-pyrrole nitrogens is 1. The van der Waals surface area contributed by atoms with Crippen LogP contribution in [0.2, 0.25) is 0 Å². The first-order valence-electron chi connectivity index (χ1n) is 7.27. The maximum absolute atomic E-state index is 4.64. The van der Waals surface area contributed by atoms with Crippen molar-refractivity contribution in [1.29, 1.82) is 0 Å². The average molecular weight is 318 g/mol. The van der Waals surface area contributed by atoms with E-state index in [1.165, 1.54) is 11.8 Å². The van der Waals surface area contributed by atoms with E-state index in [2.05, 4.69) is 32.1 Å². The van der Waals surface area contributed by atoms with Crippen LogP contribution in [0.3, 0.4) is 0 Å². The molecule has 4 aromatic rings. The number of para-hydroxylation sites is 2. The molecule has 4 rings (SSSR count). The van der Waals surface area contributed by atoms with Crippen LogP contribution < -0.4 is 0 Å². The molecule has 23 heavy (non-hydrogen) atoms. The third-order valence-corrected chi connectivity index (χ3v) is 4.14. The van der Waals surface area contributed by atoms with Crippen molar-refractivity contribution in [3.05, 3.63) is 60.7 Å². The average Bonchev–Trinajstić information content (AvgIpc) is 3.06. The molecule has 0 saturated heterocycles. The SMILES string of the molecule is CSc1nc(-c2ccccc2)cc(-c2nc3ccccc3[nH]2)n1. The fourth-order valence-electron chi connectivity index (χ4n) is 2.47. The van der Waals surface area contributed by atoms with Gasteiger partial charge in [0, 0.05) is 5.56 Å². The number of aromatic nitrogens is 4. The Balaban J connectivity index is 1.87. The lowest BCUT2D eigenvalue weighted by molar-refractivity contribution is 0.974. The zero-order valence-electron chi connectivity index (χ0n) is 12.5. The van der Waals surface area contributed by atoms with E-state index in [-0.39, 0.29) is 0 Å². The van der Waals surface area contributed by atoms with Crippen molar-refractivity contribution >= 4 is 22.8 Å². The zero-order valence-corrected chi connectivity index (χ0v) is 13.3. The number of benzene rings is 2. The molecule has 0 saturated carbocycles. The quantitative estimate of drug-likeness (QED) is 0.449. The molecule has 1 N–H and O–H groups in total. The van der Waals surface area contributed by atoms with Gasteiger partial charge in [-0.1, -0.05) is 54.2 Å². The van der Waals surface area contributed by atoms with Gasteiger partial charge in [0.25, 0.3) is 0 Å². The maximum atomic E-state index is 4.64. The number of rotatable bonds is 3.